The van der Waals surface area contributed by atoms with Crippen molar-refractivity contribution >= 4 is 17.9 Å². The average Bonchev–Trinajstić information content (AvgIpc) is 2.28. The number of carbonyl (C=O) groups is 1. The Morgan fingerprint density at radius 2 is 2.27 bits per heavy atom. The first kappa shape index (κ1) is 12.6. The third kappa shape index (κ3) is 5.89. The van der Waals surface area contributed by atoms with Gasteiger partial charge in [0.25, 0.3) is 0 Å². The van der Waals surface area contributed by atoms with E-state index in [4.69, 9.17) is 4.74 Å². The normalized spacial score (nSPS) is 23.0. The van der Waals surface area contributed by atoms with Crippen molar-refractivity contribution in [3.63, 3.8) is 0 Å². The van der Waals surface area contributed by atoms with E-state index in [1.165, 1.54) is 0 Å². The van der Waals surface area contributed by atoms with Crippen LogP contribution < -0.4 is 10.6 Å². The highest BCUT2D eigenvalue weighted by Crippen LogP contribution is 2.09. The average molecular weight is 232 g/mol. The van der Waals surface area contributed by atoms with E-state index in [1.807, 2.05) is 32.5 Å². The lowest BCUT2D eigenvalue weighted by molar-refractivity contribution is 0.0510. The van der Waals surface area contributed by atoms with Crippen LogP contribution in [0.15, 0.2) is 0 Å². The maximum atomic E-state index is 11.5. The molecule has 5 heteroatoms. The fraction of sp³-hybridized carbons (Fsp3) is 0.900. The Labute approximate surface area is 95.5 Å². The van der Waals surface area contributed by atoms with Gasteiger partial charge in [0.2, 0.25) is 0 Å². The summed E-state index contributed by atoms with van der Waals surface area (Å²) in [5, 5.41) is 6.15. The number of hydrogen-bond donors (Lipinski definition) is 2. The van der Waals surface area contributed by atoms with E-state index in [0.29, 0.717) is 0 Å². The van der Waals surface area contributed by atoms with Crippen LogP contribution in [0.1, 0.15) is 20.8 Å². The van der Waals surface area contributed by atoms with Gasteiger partial charge in [-0.25, -0.2) is 4.79 Å². The second-order valence-electron chi connectivity index (χ2n) is 4.62. The Morgan fingerprint density at radius 3 is 2.93 bits per heavy atom. The molecule has 0 aromatic rings. The summed E-state index contributed by atoms with van der Waals surface area (Å²) in [6.07, 6.45) is -0.322. The molecular weight excluding hydrogens is 212 g/mol. The van der Waals surface area contributed by atoms with Crippen LogP contribution in [0.25, 0.3) is 0 Å². The number of rotatable bonds is 1. The molecule has 1 heterocycles. The molecule has 1 aliphatic rings. The van der Waals surface area contributed by atoms with Crippen LogP contribution in [-0.4, -0.2) is 42.3 Å². The largest absolute Gasteiger partial charge is 0.444 e. The smallest absolute Gasteiger partial charge is 0.407 e. The first-order valence-corrected chi connectivity index (χ1v) is 6.41. The highest BCUT2D eigenvalue weighted by molar-refractivity contribution is 7.99. The Morgan fingerprint density at radius 1 is 1.53 bits per heavy atom. The van der Waals surface area contributed by atoms with Crippen molar-refractivity contribution in [2.24, 2.45) is 0 Å². The monoisotopic (exact) mass is 232 g/mol. The summed E-state index contributed by atoms with van der Waals surface area (Å²) < 4.78 is 5.19. The zero-order valence-electron chi connectivity index (χ0n) is 9.63. The van der Waals surface area contributed by atoms with Crippen molar-refractivity contribution < 1.29 is 9.53 Å². The van der Waals surface area contributed by atoms with E-state index < -0.39 is 5.60 Å². The van der Waals surface area contributed by atoms with Crippen molar-refractivity contribution in [3.8, 4) is 0 Å². The van der Waals surface area contributed by atoms with Gasteiger partial charge in [0, 0.05) is 24.6 Å². The van der Waals surface area contributed by atoms with Gasteiger partial charge in [-0.05, 0) is 20.8 Å². The number of carbonyl (C=O) groups excluding carboxylic acids is 1. The lowest BCUT2D eigenvalue weighted by Crippen LogP contribution is -2.44. The van der Waals surface area contributed by atoms with Crippen LogP contribution >= 0.6 is 11.8 Å². The molecule has 0 aromatic heterocycles. The van der Waals surface area contributed by atoms with Gasteiger partial charge in [-0.15, -0.1) is 0 Å². The van der Waals surface area contributed by atoms with Crippen LogP contribution in [-0.2, 0) is 4.74 Å². The summed E-state index contributed by atoms with van der Waals surface area (Å²) >= 11 is 1.85. The lowest BCUT2D eigenvalue weighted by atomic mass is 10.2. The molecular formula is C10H20N2O2S. The van der Waals surface area contributed by atoms with Gasteiger partial charge in [0.15, 0.2) is 0 Å². The molecule has 0 aliphatic carbocycles. The molecule has 4 nitrogen and oxygen atoms in total. The highest BCUT2D eigenvalue weighted by atomic mass is 32.2. The molecule has 1 saturated heterocycles. The molecule has 0 radical (unpaired) electrons. The van der Waals surface area contributed by atoms with Gasteiger partial charge in [0.05, 0.1) is 6.04 Å². The number of hydrogen-bond acceptors (Lipinski definition) is 4. The third-order valence-corrected chi connectivity index (χ3v) is 2.98. The van der Waals surface area contributed by atoms with Gasteiger partial charge in [-0.3, -0.25) is 0 Å². The van der Waals surface area contributed by atoms with Gasteiger partial charge < -0.3 is 15.4 Å². The van der Waals surface area contributed by atoms with E-state index in [9.17, 15) is 4.79 Å². The number of alkyl carbamates (subject to hydrolysis) is 1. The fourth-order valence-corrected chi connectivity index (χ4v) is 2.21. The maximum Gasteiger partial charge on any atom is 0.407 e. The summed E-state index contributed by atoms with van der Waals surface area (Å²) in [6.45, 7) is 7.44. The highest BCUT2D eigenvalue weighted by Gasteiger charge is 2.20. The molecule has 2 N–H and O–H groups in total. The summed E-state index contributed by atoms with van der Waals surface area (Å²) in [7, 11) is 0. The van der Waals surface area contributed by atoms with Crippen LogP contribution in [0.5, 0.6) is 0 Å². The summed E-state index contributed by atoms with van der Waals surface area (Å²) in [4.78, 5) is 11.5. The molecule has 0 bridgehead atoms. The molecule has 0 saturated carbocycles. The number of nitrogens with one attached hydrogen (secondary N) is 2. The molecule has 1 fully saturated rings. The Kier molecular flexibility index (Phi) is 4.73. The van der Waals surface area contributed by atoms with Crippen LogP contribution in [0.4, 0.5) is 4.79 Å². The zero-order valence-corrected chi connectivity index (χ0v) is 10.4. The minimum absolute atomic E-state index is 0.173. The first-order chi connectivity index (χ1) is 6.97. The quantitative estimate of drug-likeness (QED) is 0.713. The molecule has 1 amide bonds. The zero-order chi connectivity index (χ0) is 11.3. The van der Waals surface area contributed by atoms with Crippen molar-refractivity contribution in [2.75, 3.05) is 24.6 Å². The van der Waals surface area contributed by atoms with Crippen molar-refractivity contribution in [2.45, 2.75) is 32.4 Å². The number of thioether (sulfide) groups is 1. The molecule has 88 valence electrons. The molecule has 0 unspecified atom stereocenters. The minimum Gasteiger partial charge on any atom is -0.444 e. The van der Waals surface area contributed by atoms with Gasteiger partial charge in [0.1, 0.15) is 5.60 Å². The van der Waals surface area contributed by atoms with Crippen molar-refractivity contribution in [1.29, 1.82) is 0 Å². The third-order valence-electron chi connectivity index (χ3n) is 1.85. The second kappa shape index (κ2) is 5.61. The van der Waals surface area contributed by atoms with Crippen LogP contribution in [0, 0.1) is 0 Å². The van der Waals surface area contributed by atoms with E-state index in [-0.39, 0.29) is 12.1 Å². The molecule has 15 heavy (non-hydrogen) atoms. The molecule has 1 atom stereocenters. The van der Waals surface area contributed by atoms with Crippen molar-refractivity contribution in [3.05, 3.63) is 0 Å². The molecule has 0 aromatic carbocycles. The molecule has 0 spiro atoms. The van der Waals surface area contributed by atoms with Crippen LogP contribution in [0.2, 0.25) is 0 Å². The Balaban J connectivity index is 2.30. The SMILES string of the molecule is CC(C)(C)OC(=O)N[C@H]1CNCCSC1. The Bertz CT molecular complexity index is 208. The van der Waals surface area contributed by atoms with E-state index >= 15 is 0 Å². The van der Waals surface area contributed by atoms with Gasteiger partial charge >= 0.3 is 6.09 Å². The summed E-state index contributed by atoms with van der Waals surface area (Å²) in [5.74, 6) is 2.05. The number of ether oxygens (including phenoxy) is 1. The van der Waals surface area contributed by atoms with E-state index in [1.54, 1.807) is 0 Å². The minimum atomic E-state index is -0.421. The van der Waals surface area contributed by atoms with E-state index in [2.05, 4.69) is 10.6 Å². The molecule has 1 aliphatic heterocycles. The standard InChI is InChI=1S/C10H20N2O2S/c1-10(2,3)14-9(13)12-8-6-11-4-5-15-7-8/h8,11H,4-7H2,1-3H3,(H,12,13)/t8-/m0/s1. The van der Waals surface area contributed by atoms with Gasteiger partial charge in [-0.1, -0.05) is 0 Å². The fourth-order valence-electron chi connectivity index (χ4n) is 1.27. The maximum absolute atomic E-state index is 11.5. The molecule has 1 rings (SSSR count). The van der Waals surface area contributed by atoms with Crippen molar-refractivity contribution in [1.82, 2.24) is 10.6 Å². The number of amides is 1. The summed E-state index contributed by atoms with van der Waals surface area (Å²) in [6, 6.07) is 0.173. The van der Waals surface area contributed by atoms with E-state index in [0.717, 1.165) is 24.6 Å². The predicted octanol–water partition coefficient (Wildman–Crippen LogP) is 1.22. The lowest BCUT2D eigenvalue weighted by Gasteiger charge is -2.22. The van der Waals surface area contributed by atoms with Gasteiger partial charge in [-0.2, -0.15) is 11.8 Å². The second-order valence-corrected chi connectivity index (χ2v) is 5.77. The van der Waals surface area contributed by atoms with Crippen LogP contribution in [0.3, 0.4) is 0 Å². The Hall–Kier alpha value is -0.420. The summed E-state index contributed by atoms with van der Waals surface area (Å²) in [5.41, 5.74) is -0.421. The predicted molar refractivity (Wildman–Crippen MR) is 63.4 cm³/mol. The first-order valence-electron chi connectivity index (χ1n) is 5.25. The topological polar surface area (TPSA) is 50.4 Å².